The van der Waals surface area contributed by atoms with E-state index < -0.39 is 0 Å². The van der Waals surface area contributed by atoms with Crippen LogP contribution in [0.1, 0.15) is 35.9 Å². The number of aryl methyl sites for hydroxylation is 1. The van der Waals surface area contributed by atoms with Crippen LogP contribution in [0.15, 0.2) is 54.6 Å². The molecular formula is C22H23N5O. The molecule has 3 rings (SSSR count). The number of carbonyl (C=O) groups is 1. The average Bonchev–Trinajstić information content (AvgIpc) is 3.17. The topological polar surface area (TPSA) is 74.8 Å². The predicted octanol–water partition coefficient (Wildman–Crippen LogP) is 4.01. The minimum atomic E-state index is -0.249. The van der Waals surface area contributed by atoms with Gasteiger partial charge in [-0.15, -0.1) is 5.10 Å². The Bertz CT molecular complexity index is 988. The van der Waals surface area contributed by atoms with Crippen molar-refractivity contribution in [2.24, 2.45) is 0 Å². The number of nitriles is 1. The molecule has 0 aliphatic rings. The van der Waals surface area contributed by atoms with E-state index in [4.69, 9.17) is 5.26 Å². The largest absolute Gasteiger partial charge is 0.335 e. The third kappa shape index (κ3) is 4.26. The van der Waals surface area contributed by atoms with Gasteiger partial charge in [0, 0.05) is 18.7 Å². The van der Waals surface area contributed by atoms with Crippen molar-refractivity contribution in [3.63, 3.8) is 0 Å². The summed E-state index contributed by atoms with van der Waals surface area (Å²) in [6.07, 6.45) is 1.09. The van der Waals surface area contributed by atoms with Crippen LogP contribution in [0.2, 0.25) is 0 Å². The SMILES string of the molecule is CCCN(CCC#N)C(=O)c1nc(-c2ccccc2)n(-c2cccc(C)c2)n1. The maximum atomic E-state index is 13.0. The molecule has 0 fully saturated rings. The van der Waals surface area contributed by atoms with Crippen LogP contribution in [0.25, 0.3) is 17.1 Å². The number of aromatic nitrogens is 3. The fourth-order valence-electron chi connectivity index (χ4n) is 3.03. The number of rotatable bonds is 7. The van der Waals surface area contributed by atoms with E-state index in [1.807, 2.05) is 68.4 Å². The molecule has 2 aromatic carbocycles. The Morgan fingerprint density at radius 1 is 1.14 bits per heavy atom. The molecule has 0 aliphatic heterocycles. The fourth-order valence-corrected chi connectivity index (χ4v) is 3.03. The lowest BCUT2D eigenvalue weighted by Crippen LogP contribution is -2.33. The van der Waals surface area contributed by atoms with E-state index in [0.717, 1.165) is 23.2 Å². The molecule has 0 unspecified atom stereocenters. The van der Waals surface area contributed by atoms with Crippen molar-refractivity contribution >= 4 is 5.91 Å². The summed E-state index contributed by atoms with van der Waals surface area (Å²) < 4.78 is 1.71. The molecule has 1 aromatic heterocycles. The van der Waals surface area contributed by atoms with E-state index in [1.165, 1.54) is 0 Å². The van der Waals surface area contributed by atoms with Gasteiger partial charge in [-0.3, -0.25) is 4.79 Å². The van der Waals surface area contributed by atoms with Gasteiger partial charge < -0.3 is 4.90 Å². The van der Waals surface area contributed by atoms with Crippen molar-refractivity contribution < 1.29 is 4.79 Å². The number of amides is 1. The van der Waals surface area contributed by atoms with E-state index in [2.05, 4.69) is 16.2 Å². The van der Waals surface area contributed by atoms with Crippen molar-refractivity contribution in [1.29, 1.82) is 5.26 Å². The molecule has 0 bridgehead atoms. The minimum absolute atomic E-state index is 0.145. The van der Waals surface area contributed by atoms with Gasteiger partial charge in [0.05, 0.1) is 18.2 Å². The Balaban J connectivity index is 2.06. The monoisotopic (exact) mass is 373 g/mol. The molecule has 0 N–H and O–H groups in total. The Kier molecular flexibility index (Phi) is 6.18. The first-order valence-electron chi connectivity index (χ1n) is 9.39. The smallest absolute Gasteiger partial charge is 0.293 e. The number of benzene rings is 2. The third-order valence-corrected chi connectivity index (χ3v) is 4.35. The highest BCUT2D eigenvalue weighted by Crippen LogP contribution is 2.22. The lowest BCUT2D eigenvalue weighted by Gasteiger charge is -2.18. The molecule has 0 saturated heterocycles. The van der Waals surface area contributed by atoms with Crippen LogP contribution >= 0.6 is 0 Å². The van der Waals surface area contributed by atoms with E-state index in [9.17, 15) is 4.79 Å². The highest BCUT2D eigenvalue weighted by Gasteiger charge is 2.23. The lowest BCUT2D eigenvalue weighted by atomic mass is 10.2. The van der Waals surface area contributed by atoms with E-state index in [0.29, 0.717) is 18.9 Å². The van der Waals surface area contributed by atoms with Gasteiger partial charge in [-0.25, -0.2) is 9.67 Å². The molecule has 3 aromatic rings. The second-order valence-corrected chi connectivity index (χ2v) is 6.58. The molecule has 0 aliphatic carbocycles. The van der Waals surface area contributed by atoms with Crippen LogP contribution in [0.3, 0.4) is 0 Å². The summed E-state index contributed by atoms with van der Waals surface area (Å²) in [7, 11) is 0. The zero-order valence-corrected chi connectivity index (χ0v) is 16.2. The summed E-state index contributed by atoms with van der Waals surface area (Å²) in [5.74, 6) is 0.513. The zero-order chi connectivity index (χ0) is 19.9. The Hall–Kier alpha value is -3.46. The average molecular weight is 373 g/mol. The quantitative estimate of drug-likeness (QED) is 0.627. The molecule has 1 heterocycles. The van der Waals surface area contributed by atoms with Crippen molar-refractivity contribution in [1.82, 2.24) is 19.7 Å². The summed E-state index contributed by atoms with van der Waals surface area (Å²) >= 11 is 0. The summed E-state index contributed by atoms with van der Waals surface area (Å²) in [6.45, 7) is 4.96. The van der Waals surface area contributed by atoms with Crippen LogP contribution in [-0.2, 0) is 0 Å². The fraction of sp³-hybridized carbons (Fsp3) is 0.273. The van der Waals surface area contributed by atoms with Gasteiger partial charge in [-0.2, -0.15) is 5.26 Å². The van der Waals surface area contributed by atoms with Gasteiger partial charge in [0.15, 0.2) is 5.82 Å². The normalized spacial score (nSPS) is 10.5. The standard InChI is InChI=1S/C22H23N5O/c1-3-14-26(15-8-13-23)22(28)20-24-21(18-10-5-4-6-11-18)27(25-20)19-12-7-9-17(2)16-19/h4-7,9-12,16H,3,8,14-15H2,1-2H3. The number of hydrogen-bond donors (Lipinski definition) is 0. The Labute approximate surface area is 165 Å². The Morgan fingerprint density at radius 3 is 2.61 bits per heavy atom. The van der Waals surface area contributed by atoms with Gasteiger partial charge in [0.1, 0.15) is 0 Å². The number of nitrogens with zero attached hydrogens (tertiary/aromatic N) is 5. The molecule has 6 heteroatoms. The van der Waals surface area contributed by atoms with Crippen molar-refractivity contribution in [2.75, 3.05) is 13.1 Å². The van der Waals surface area contributed by atoms with Gasteiger partial charge in [0.25, 0.3) is 5.91 Å². The molecule has 28 heavy (non-hydrogen) atoms. The van der Waals surface area contributed by atoms with Gasteiger partial charge in [0.2, 0.25) is 5.82 Å². The van der Waals surface area contributed by atoms with E-state index in [-0.39, 0.29) is 18.2 Å². The van der Waals surface area contributed by atoms with Crippen LogP contribution in [0.4, 0.5) is 0 Å². The van der Waals surface area contributed by atoms with Crippen LogP contribution < -0.4 is 0 Å². The maximum Gasteiger partial charge on any atom is 0.293 e. The molecule has 1 amide bonds. The number of carbonyl (C=O) groups excluding carboxylic acids is 1. The number of hydrogen-bond acceptors (Lipinski definition) is 4. The molecule has 0 radical (unpaired) electrons. The lowest BCUT2D eigenvalue weighted by molar-refractivity contribution is 0.0747. The van der Waals surface area contributed by atoms with Crippen LogP contribution in [-0.4, -0.2) is 38.7 Å². The second kappa shape index (κ2) is 8.96. The van der Waals surface area contributed by atoms with Gasteiger partial charge in [-0.1, -0.05) is 49.4 Å². The van der Waals surface area contributed by atoms with Crippen LogP contribution in [0.5, 0.6) is 0 Å². The Morgan fingerprint density at radius 2 is 1.93 bits per heavy atom. The van der Waals surface area contributed by atoms with Gasteiger partial charge in [-0.05, 0) is 31.0 Å². The second-order valence-electron chi connectivity index (χ2n) is 6.58. The van der Waals surface area contributed by atoms with Crippen molar-refractivity contribution in [3.8, 4) is 23.1 Å². The molecule has 0 spiro atoms. The minimum Gasteiger partial charge on any atom is -0.335 e. The van der Waals surface area contributed by atoms with Gasteiger partial charge >= 0.3 is 0 Å². The molecular weight excluding hydrogens is 350 g/mol. The van der Waals surface area contributed by atoms with Crippen molar-refractivity contribution in [2.45, 2.75) is 26.7 Å². The van der Waals surface area contributed by atoms with Crippen molar-refractivity contribution in [3.05, 3.63) is 66.0 Å². The highest BCUT2D eigenvalue weighted by atomic mass is 16.2. The first-order chi connectivity index (χ1) is 13.6. The summed E-state index contributed by atoms with van der Waals surface area (Å²) in [5.41, 5.74) is 2.83. The van der Waals surface area contributed by atoms with E-state index in [1.54, 1.807) is 9.58 Å². The molecule has 6 nitrogen and oxygen atoms in total. The molecule has 142 valence electrons. The highest BCUT2D eigenvalue weighted by molar-refractivity contribution is 5.91. The first-order valence-corrected chi connectivity index (χ1v) is 9.39. The summed E-state index contributed by atoms with van der Waals surface area (Å²) in [6, 6.07) is 19.7. The molecule has 0 atom stereocenters. The van der Waals surface area contributed by atoms with E-state index >= 15 is 0 Å². The third-order valence-electron chi connectivity index (χ3n) is 4.35. The summed E-state index contributed by atoms with van der Waals surface area (Å²) in [5, 5.41) is 13.4. The van der Waals surface area contributed by atoms with Crippen LogP contribution in [0, 0.1) is 18.3 Å². The molecule has 0 saturated carbocycles. The predicted molar refractivity (Wildman–Crippen MR) is 108 cm³/mol. The summed E-state index contributed by atoms with van der Waals surface area (Å²) in [4.78, 5) is 19.2. The maximum absolute atomic E-state index is 13.0. The first kappa shape index (κ1) is 19.3. The zero-order valence-electron chi connectivity index (χ0n) is 16.2.